The van der Waals surface area contributed by atoms with Crippen LogP contribution in [0.1, 0.15) is 34.1 Å². The van der Waals surface area contributed by atoms with Crippen LogP contribution in [-0.2, 0) is 0 Å². The third kappa shape index (κ3) is 9.32. The van der Waals surface area contributed by atoms with E-state index in [0.29, 0.717) is 5.57 Å². The minimum atomic E-state index is -4.16. The van der Waals surface area contributed by atoms with Crippen LogP contribution in [0.4, 0.5) is 13.2 Å². The Bertz CT molecular complexity index is 232. The first-order chi connectivity index (χ1) is 6.90. The van der Waals surface area contributed by atoms with Gasteiger partial charge in [-0.25, -0.2) is 0 Å². The number of hydrogen-bond donors (Lipinski definition) is 0. The molecule has 0 spiro atoms. The van der Waals surface area contributed by atoms with Gasteiger partial charge in [0.1, 0.15) is 0 Å². The minimum Gasteiger partial charge on any atom is -0.171 e. The molecule has 0 saturated carbocycles. The standard InChI is InChI=1S/C10H13F3.C2H6/c1-4-6-8(3)9(5-2)7-10(11,12)13;1-2/h4-6H,2,7H2,1,3H3;1-2H3/b6-4-,9-8+;. The highest BCUT2D eigenvalue weighted by atomic mass is 19.4. The molecule has 0 heterocycles. The normalized spacial score (nSPS) is 13.0. The Kier molecular flexibility index (Phi) is 9.13. The topological polar surface area (TPSA) is 0 Å². The summed E-state index contributed by atoms with van der Waals surface area (Å²) < 4.78 is 36.0. The van der Waals surface area contributed by atoms with Crippen LogP contribution >= 0.6 is 0 Å². The van der Waals surface area contributed by atoms with E-state index in [4.69, 9.17) is 0 Å². The van der Waals surface area contributed by atoms with Gasteiger partial charge in [-0.2, -0.15) is 13.2 Å². The van der Waals surface area contributed by atoms with Crippen LogP contribution in [0.25, 0.3) is 0 Å². The van der Waals surface area contributed by atoms with E-state index in [0.717, 1.165) is 0 Å². The molecule has 3 heteroatoms. The Morgan fingerprint density at radius 3 is 2.00 bits per heavy atom. The smallest absolute Gasteiger partial charge is 0.171 e. The quantitative estimate of drug-likeness (QED) is 0.584. The maximum absolute atomic E-state index is 12.0. The summed E-state index contributed by atoms with van der Waals surface area (Å²) in [7, 11) is 0. The summed E-state index contributed by atoms with van der Waals surface area (Å²) in [6.45, 7) is 10.8. The minimum absolute atomic E-state index is 0.227. The zero-order chi connectivity index (χ0) is 12.5. The van der Waals surface area contributed by atoms with E-state index in [2.05, 4.69) is 6.58 Å². The molecule has 0 aliphatic rings. The Balaban J connectivity index is 0. The molecule has 0 aliphatic carbocycles. The van der Waals surface area contributed by atoms with Gasteiger partial charge in [-0.15, -0.1) is 0 Å². The average Bonchev–Trinajstić information content (AvgIpc) is 2.16. The zero-order valence-electron chi connectivity index (χ0n) is 9.78. The van der Waals surface area contributed by atoms with Gasteiger partial charge >= 0.3 is 6.18 Å². The van der Waals surface area contributed by atoms with Crippen molar-refractivity contribution in [2.75, 3.05) is 0 Å². The van der Waals surface area contributed by atoms with Crippen molar-refractivity contribution in [3.8, 4) is 0 Å². The summed E-state index contributed by atoms with van der Waals surface area (Å²) in [5.74, 6) is 0. The summed E-state index contributed by atoms with van der Waals surface area (Å²) >= 11 is 0. The second-order valence-electron chi connectivity index (χ2n) is 2.70. The Morgan fingerprint density at radius 1 is 1.27 bits per heavy atom. The van der Waals surface area contributed by atoms with E-state index in [-0.39, 0.29) is 5.57 Å². The van der Waals surface area contributed by atoms with E-state index < -0.39 is 12.6 Å². The third-order valence-electron chi connectivity index (χ3n) is 1.56. The molecule has 0 aromatic carbocycles. The molecular weight excluding hydrogens is 201 g/mol. The Labute approximate surface area is 90.2 Å². The van der Waals surface area contributed by atoms with Crippen molar-refractivity contribution >= 4 is 0 Å². The van der Waals surface area contributed by atoms with E-state index in [1.165, 1.54) is 6.08 Å². The van der Waals surface area contributed by atoms with Crippen LogP contribution in [0.3, 0.4) is 0 Å². The lowest BCUT2D eigenvalue weighted by Gasteiger charge is -2.08. The van der Waals surface area contributed by atoms with Crippen molar-refractivity contribution < 1.29 is 13.2 Å². The van der Waals surface area contributed by atoms with Crippen molar-refractivity contribution in [2.24, 2.45) is 0 Å². The van der Waals surface area contributed by atoms with Gasteiger partial charge in [0.15, 0.2) is 0 Å². The molecule has 0 bridgehead atoms. The summed E-state index contributed by atoms with van der Waals surface area (Å²) in [5.41, 5.74) is 0.834. The van der Waals surface area contributed by atoms with Gasteiger partial charge in [-0.3, -0.25) is 0 Å². The van der Waals surface area contributed by atoms with Crippen molar-refractivity contribution in [3.63, 3.8) is 0 Å². The van der Waals surface area contributed by atoms with Crippen LogP contribution in [0.5, 0.6) is 0 Å². The van der Waals surface area contributed by atoms with Crippen molar-refractivity contribution in [2.45, 2.75) is 40.3 Å². The number of alkyl halides is 3. The number of halogens is 3. The van der Waals surface area contributed by atoms with E-state index in [1.807, 2.05) is 13.8 Å². The molecule has 0 rings (SSSR count). The van der Waals surface area contributed by atoms with Crippen molar-refractivity contribution in [1.29, 1.82) is 0 Å². The fourth-order valence-corrected chi connectivity index (χ4v) is 0.946. The Hall–Kier alpha value is -0.990. The first-order valence-corrected chi connectivity index (χ1v) is 4.92. The van der Waals surface area contributed by atoms with Crippen LogP contribution in [0.2, 0.25) is 0 Å². The van der Waals surface area contributed by atoms with Gasteiger partial charge < -0.3 is 0 Å². The maximum Gasteiger partial charge on any atom is 0.393 e. The number of rotatable bonds is 3. The zero-order valence-corrected chi connectivity index (χ0v) is 9.78. The van der Waals surface area contributed by atoms with E-state index in [9.17, 15) is 13.2 Å². The van der Waals surface area contributed by atoms with E-state index >= 15 is 0 Å². The van der Waals surface area contributed by atoms with Gasteiger partial charge in [0.25, 0.3) is 0 Å². The summed E-state index contributed by atoms with van der Waals surface area (Å²) in [6.07, 6.45) is -0.472. The predicted molar refractivity (Wildman–Crippen MR) is 59.7 cm³/mol. The van der Waals surface area contributed by atoms with Crippen LogP contribution in [-0.4, -0.2) is 6.18 Å². The molecule has 0 fully saturated rings. The SMILES string of the molecule is C=C/C(CC(F)(F)F)=C(C)\C=C/C.CC. The molecule has 0 aromatic heterocycles. The van der Waals surface area contributed by atoms with Crippen LogP contribution < -0.4 is 0 Å². The lowest BCUT2D eigenvalue weighted by molar-refractivity contribution is -0.126. The lowest BCUT2D eigenvalue weighted by Crippen LogP contribution is -2.08. The first-order valence-electron chi connectivity index (χ1n) is 4.92. The van der Waals surface area contributed by atoms with Gasteiger partial charge in [0, 0.05) is 0 Å². The Morgan fingerprint density at radius 2 is 1.73 bits per heavy atom. The molecule has 0 aromatic rings. The first kappa shape index (κ1) is 16.4. The highest BCUT2D eigenvalue weighted by Crippen LogP contribution is 2.26. The molecule has 0 amide bonds. The molecule has 88 valence electrons. The average molecular weight is 220 g/mol. The second kappa shape index (κ2) is 8.33. The highest BCUT2D eigenvalue weighted by Gasteiger charge is 2.28. The highest BCUT2D eigenvalue weighted by molar-refractivity contribution is 5.31. The van der Waals surface area contributed by atoms with Crippen molar-refractivity contribution in [3.05, 3.63) is 36.0 Å². The molecule has 0 saturated heterocycles. The largest absolute Gasteiger partial charge is 0.393 e. The molecule has 0 nitrogen and oxygen atoms in total. The summed E-state index contributed by atoms with van der Waals surface area (Å²) in [5, 5.41) is 0. The van der Waals surface area contributed by atoms with Gasteiger partial charge in [0.2, 0.25) is 0 Å². The van der Waals surface area contributed by atoms with Crippen LogP contribution in [0, 0.1) is 0 Å². The molecule has 0 atom stereocenters. The molecular formula is C12H19F3. The van der Waals surface area contributed by atoms with E-state index in [1.54, 1.807) is 26.0 Å². The second-order valence-corrected chi connectivity index (χ2v) is 2.70. The molecule has 0 unspecified atom stereocenters. The molecule has 0 N–H and O–H groups in total. The maximum atomic E-state index is 12.0. The molecule has 0 radical (unpaired) electrons. The summed E-state index contributed by atoms with van der Waals surface area (Å²) in [4.78, 5) is 0. The van der Waals surface area contributed by atoms with Crippen LogP contribution in [0.15, 0.2) is 36.0 Å². The monoisotopic (exact) mass is 220 g/mol. The van der Waals surface area contributed by atoms with Gasteiger partial charge in [0.05, 0.1) is 6.42 Å². The van der Waals surface area contributed by atoms with Crippen molar-refractivity contribution in [1.82, 2.24) is 0 Å². The van der Waals surface area contributed by atoms with Gasteiger partial charge in [-0.05, 0) is 25.0 Å². The number of allylic oxidation sites excluding steroid dienone is 5. The third-order valence-corrected chi connectivity index (χ3v) is 1.56. The number of hydrogen-bond acceptors (Lipinski definition) is 0. The lowest BCUT2D eigenvalue weighted by atomic mass is 10.1. The molecule has 0 aliphatic heterocycles. The van der Waals surface area contributed by atoms with Gasteiger partial charge in [-0.1, -0.05) is 38.7 Å². The summed E-state index contributed by atoms with van der Waals surface area (Å²) in [6, 6.07) is 0. The molecule has 15 heavy (non-hydrogen) atoms. The predicted octanol–water partition coefficient (Wildman–Crippen LogP) is 5.04. The fourth-order valence-electron chi connectivity index (χ4n) is 0.946. The fraction of sp³-hybridized carbons (Fsp3) is 0.500.